The summed E-state index contributed by atoms with van der Waals surface area (Å²) >= 11 is 0. The van der Waals surface area contributed by atoms with E-state index >= 15 is 0 Å². The van der Waals surface area contributed by atoms with Crippen molar-refractivity contribution in [1.82, 2.24) is 15.5 Å². The second-order valence-electron chi connectivity index (χ2n) is 5.71. The van der Waals surface area contributed by atoms with Gasteiger partial charge in [0.1, 0.15) is 0 Å². The second kappa shape index (κ2) is 8.51. The summed E-state index contributed by atoms with van der Waals surface area (Å²) < 4.78 is 5.44. The van der Waals surface area contributed by atoms with Gasteiger partial charge >= 0.3 is 0 Å². The quantitative estimate of drug-likeness (QED) is 0.673. The molecule has 0 aromatic rings. The first-order chi connectivity index (χ1) is 9.04. The van der Waals surface area contributed by atoms with E-state index in [4.69, 9.17) is 4.74 Å². The summed E-state index contributed by atoms with van der Waals surface area (Å²) in [5.74, 6) is 0.0747. The Morgan fingerprint density at radius 1 is 1.42 bits per heavy atom. The lowest BCUT2D eigenvalue weighted by Crippen LogP contribution is -2.46. The molecular formula is C14H29N3O2. The third kappa shape index (κ3) is 5.89. The van der Waals surface area contributed by atoms with E-state index in [0.717, 1.165) is 25.9 Å². The van der Waals surface area contributed by atoms with Crippen molar-refractivity contribution < 1.29 is 9.53 Å². The van der Waals surface area contributed by atoms with Crippen LogP contribution < -0.4 is 10.6 Å². The third-order valence-electron chi connectivity index (χ3n) is 3.47. The van der Waals surface area contributed by atoms with Crippen molar-refractivity contribution in [2.24, 2.45) is 5.92 Å². The van der Waals surface area contributed by atoms with Crippen molar-refractivity contribution in [2.45, 2.75) is 38.8 Å². The number of carbonyl (C=O) groups excluding carboxylic acids is 1. The molecule has 5 nitrogen and oxygen atoms in total. The topological polar surface area (TPSA) is 53.6 Å². The van der Waals surface area contributed by atoms with Crippen LogP contribution in [-0.4, -0.2) is 63.3 Å². The summed E-state index contributed by atoms with van der Waals surface area (Å²) in [6.45, 7) is 7.29. The van der Waals surface area contributed by atoms with Crippen molar-refractivity contribution in [1.29, 1.82) is 0 Å². The summed E-state index contributed by atoms with van der Waals surface area (Å²) in [7, 11) is 4.09. The number of carbonyl (C=O) groups is 1. The first-order valence-electron chi connectivity index (χ1n) is 7.30. The molecule has 112 valence electrons. The van der Waals surface area contributed by atoms with Crippen LogP contribution in [0.15, 0.2) is 0 Å². The first kappa shape index (κ1) is 16.4. The number of ether oxygens (including phenoxy) is 1. The molecule has 0 saturated carbocycles. The van der Waals surface area contributed by atoms with Gasteiger partial charge in [-0.1, -0.05) is 6.92 Å². The van der Waals surface area contributed by atoms with Crippen LogP contribution in [0.1, 0.15) is 26.7 Å². The fourth-order valence-corrected chi connectivity index (χ4v) is 2.22. The maximum atomic E-state index is 12.2. The average Bonchev–Trinajstić information content (AvgIpc) is 2.82. The van der Waals surface area contributed by atoms with Gasteiger partial charge in [0.05, 0.1) is 19.1 Å². The van der Waals surface area contributed by atoms with Crippen LogP contribution in [0, 0.1) is 5.92 Å². The zero-order valence-electron chi connectivity index (χ0n) is 12.7. The average molecular weight is 271 g/mol. The summed E-state index contributed by atoms with van der Waals surface area (Å²) in [6.07, 6.45) is 2.05. The molecule has 0 aliphatic carbocycles. The van der Waals surface area contributed by atoms with E-state index < -0.39 is 0 Å². The summed E-state index contributed by atoms with van der Waals surface area (Å²) in [4.78, 5) is 14.4. The molecule has 0 aromatic carbocycles. The summed E-state index contributed by atoms with van der Waals surface area (Å²) in [5.41, 5.74) is 0. The van der Waals surface area contributed by atoms with Gasteiger partial charge in [-0.05, 0) is 47.0 Å². The van der Waals surface area contributed by atoms with Gasteiger partial charge in [0.25, 0.3) is 0 Å². The number of nitrogens with zero attached hydrogens (tertiary/aromatic N) is 1. The van der Waals surface area contributed by atoms with E-state index in [9.17, 15) is 4.79 Å². The van der Waals surface area contributed by atoms with E-state index in [-0.39, 0.29) is 23.9 Å². The molecule has 3 unspecified atom stereocenters. The van der Waals surface area contributed by atoms with Crippen LogP contribution in [0.5, 0.6) is 0 Å². The van der Waals surface area contributed by atoms with Crippen molar-refractivity contribution in [3.63, 3.8) is 0 Å². The molecule has 0 spiro atoms. The molecule has 5 heteroatoms. The van der Waals surface area contributed by atoms with Gasteiger partial charge in [0, 0.05) is 12.1 Å². The van der Waals surface area contributed by atoms with Crippen molar-refractivity contribution in [3.8, 4) is 0 Å². The monoisotopic (exact) mass is 271 g/mol. The maximum Gasteiger partial charge on any atom is 0.227 e. The summed E-state index contributed by atoms with van der Waals surface area (Å²) in [6, 6.07) is 0.378. The molecule has 2 N–H and O–H groups in total. The first-order valence-corrected chi connectivity index (χ1v) is 7.30. The Bertz CT molecular complexity index is 271. The smallest absolute Gasteiger partial charge is 0.227 e. The molecular weight excluding hydrogens is 242 g/mol. The Hall–Kier alpha value is -0.650. The van der Waals surface area contributed by atoms with Gasteiger partial charge < -0.3 is 20.3 Å². The molecule has 3 atom stereocenters. The number of amides is 1. The molecule has 1 aliphatic rings. The van der Waals surface area contributed by atoms with Crippen LogP contribution in [0.25, 0.3) is 0 Å². The Kier molecular flexibility index (Phi) is 7.34. The van der Waals surface area contributed by atoms with Crippen LogP contribution in [0.2, 0.25) is 0 Å². The lowest BCUT2D eigenvalue weighted by molar-refractivity contribution is -0.126. The lowest BCUT2D eigenvalue weighted by Gasteiger charge is -2.22. The van der Waals surface area contributed by atoms with Crippen molar-refractivity contribution in [2.75, 3.05) is 40.4 Å². The highest BCUT2D eigenvalue weighted by Gasteiger charge is 2.33. The van der Waals surface area contributed by atoms with Gasteiger partial charge in [-0.15, -0.1) is 0 Å². The van der Waals surface area contributed by atoms with Gasteiger partial charge in [-0.25, -0.2) is 0 Å². The maximum absolute atomic E-state index is 12.2. The fourth-order valence-electron chi connectivity index (χ4n) is 2.22. The van der Waals surface area contributed by atoms with Gasteiger partial charge in [-0.3, -0.25) is 4.79 Å². The molecule has 1 fully saturated rings. The molecule has 19 heavy (non-hydrogen) atoms. The predicted molar refractivity (Wildman–Crippen MR) is 77.2 cm³/mol. The van der Waals surface area contributed by atoms with Crippen LogP contribution in [0.4, 0.5) is 0 Å². The highest BCUT2D eigenvalue weighted by atomic mass is 16.5. The van der Waals surface area contributed by atoms with Crippen LogP contribution in [-0.2, 0) is 9.53 Å². The molecule has 0 bridgehead atoms. The van der Waals surface area contributed by atoms with E-state index in [0.29, 0.717) is 13.2 Å². The molecule has 0 aromatic heterocycles. The second-order valence-corrected chi connectivity index (χ2v) is 5.71. The number of hydrogen-bond donors (Lipinski definition) is 2. The molecule has 1 heterocycles. The van der Waals surface area contributed by atoms with E-state index in [1.54, 1.807) is 0 Å². The third-order valence-corrected chi connectivity index (χ3v) is 3.47. The number of rotatable bonds is 8. The number of hydrogen-bond acceptors (Lipinski definition) is 4. The highest BCUT2D eigenvalue weighted by Crippen LogP contribution is 2.14. The van der Waals surface area contributed by atoms with Gasteiger partial charge in [0.15, 0.2) is 0 Å². The Morgan fingerprint density at radius 3 is 2.79 bits per heavy atom. The van der Waals surface area contributed by atoms with E-state index in [1.807, 2.05) is 14.1 Å². The molecule has 1 rings (SSSR count). The standard InChI is InChI=1S/C14H29N3O2/c1-5-7-15-13-10-19-9-12(13)14(18)16-11(2)6-8-17(3)4/h11-13,15H,5-10H2,1-4H3,(H,16,18). The molecule has 1 saturated heterocycles. The minimum Gasteiger partial charge on any atom is -0.379 e. The van der Waals surface area contributed by atoms with Gasteiger partial charge in [0.2, 0.25) is 5.91 Å². The zero-order valence-corrected chi connectivity index (χ0v) is 12.7. The Balaban J connectivity index is 2.34. The Labute approximate surface area is 117 Å². The zero-order chi connectivity index (χ0) is 14.3. The van der Waals surface area contributed by atoms with Crippen molar-refractivity contribution in [3.05, 3.63) is 0 Å². The van der Waals surface area contributed by atoms with Gasteiger partial charge in [-0.2, -0.15) is 0 Å². The predicted octanol–water partition coefficient (Wildman–Crippen LogP) is 0.457. The van der Waals surface area contributed by atoms with Crippen LogP contribution >= 0.6 is 0 Å². The van der Waals surface area contributed by atoms with Crippen LogP contribution in [0.3, 0.4) is 0 Å². The molecule has 0 radical (unpaired) electrons. The minimum atomic E-state index is -0.0478. The SMILES string of the molecule is CCCNC1COCC1C(=O)NC(C)CCN(C)C. The fraction of sp³-hybridized carbons (Fsp3) is 0.929. The molecule has 1 amide bonds. The summed E-state index contributed by atoms with van der Waals surface area (Å²) in [5, 5.41) is 6.49. The largest absolute Gasteiger partial charge is 0.379 e. The van der Waals surface area contributed by atoms with E-state index in [1.165, 1.54) is 0 Å². The normalized spacial score (nSPS) is 24.7. The van der Waals surface area contributed by atoms with Crippen molar-refractivity contribution >= 4 is 5.91 Å². The highest BCUT2D eigenvalue weighted by molar-refractivity contribution is 5.80. The molecule has 1 aliphatic heterocycles. The van der Waals surface area contributed by atoms with E-state index in [2.05, 4.69) is 29.4 Å². The lowest BCUT2D eigenvalue weighted by atomic mass is 10.0. The Morgan fingerprint density at radius 2 is 2.16 bits per heavy atom. The minimum absolute atomic E-state index is 0.0478. The number of nitrogens with one attached hydrogen (secondary N) is 2.